The molecule has 3 fully saturated rings. The number of aryl methyl sites for hydroxylation is 1. The maximum absolute atomic E-state index is 13.0. The van der Waals surface area contributed by atoms with E-state index in [4.69, 9.17) is 9.47 Å². The first-order chi connectivity index (χ1) is 12.7. The summed E-state index contributed by atoms with van der Waals surface area (Å²) in [6, 6.07) is 6.64. The second kappa shape index (κ2) is 7.89. The van der Waals surface area contributed by atoms with Crippen molar-refractivity contribution in [3.63, 3.8) is 0 Å². The molecule has 3 heterocycles. The van der Waals surface area contributed by atoms with Crippen LogP contribution >= 0.6 is 0 Å². The molecule has 0 spiro atoms. The van der Waals surface area contributed by atoms with Crippen molar-refractivity contribution in [2.45, 2.75) is 58.3 Å². The lowest BCUT2D eigenvalue weighted by molar-refractivity contribution is -0.161. The van der Waals surface area contributed by atoms with Gasteiger partial charge >= 0.3 is 12.1 Å². The number of esters is 1. The average Bonchev–Trinajstić information content (AvgIpc) is 2.60. The molecule has 6 heteroatoms. The average molecular weight is 374 g/mol. The molecule has 0 saturated carbocycles. The Bertz CT molecular complexity index is 672. The number of benzene rings is 1. The molecule has 4 rings (SSSR count). The van der Waals surface area contributed by atoms with Gasteiger partial charge in [-0.3, -0.25) is 4.90 Å². The standard InChI is InChI=1S/C21H30N2O4/c1-14-5-7-16(8-6-14)18(22-20(25)27-21(2,3)4)19(24)26-17-13-23-11-9-15(17)10-12-23/h5-8,15,17-18H,9-13H2,1-4H3,(H,22,25). The van der Waals surface area contributed by atoms with E-state index in [9.17, 15) is 9.59 Å². The summed E-state index contributed by atoms with van der Waals surface area (Å²) < 4.78 is 11.2. The fourth-order valence-corrected chi connectivity index (χ4v) is 3.72. The number of carbonyl (C=O) groups is 2. The zero-order chi connectivity index (χ0) is 19.6. The number of nitrogens with one attached hydrogen (secondary N) is 1. The Balaban J connectivity index is 1.73. The molecule has 3 saturated heterocycles. The van der Waals surface area contributed by atoms with Gasteiger partial charge in [-0.05, 0) is 65.1 Å². The molecule has 6 nitrogen and oxygen atoms in total. The van der Waals surface area contributed by atoms with Gasteiger partial charge in [0.25, 0.3) is 0 Å². The fourth-order valence-electron chi connectivity index (χ4n) is 3.72. The predicted molar refractivity (Wildman–Crippen MR) is 102 cm³/mol. The number of ether oxygens (including phenoxy) is 2. The zero-order valence-electron chi connectivity index (χ0n) is 16.7. The molecule has 3 aliphatic heterocycles. The number of carbonyl (C=O) groups excluding carboxylic acids is 2. The SMILES string of the molecule is Cc1ccc(C(NC(=O)OC(C)(C)C)C(=O)OC2CN3CCC2CC3)cc1. The smallest absolute Gasteiger partial charge is 0.408 e. The largest absolute Gasteiger partial charge is 0.459 e. The van der Waals surface area contributed by atoms with Crippen molar-refractivity contribution in [2.75, 3.05) is 19.6 Å². The van der Waals surface area contributed by atoms with Crippen molar-refractivity contribution >= 4 is 12.1 Å². The summed E-state index contributed by atoms with van der Waals surface area (Å²) in [7, 11) is 0. The van der Waals surface area contributed by atoms with Crippen molar-refractivity contribution < 1.29 is 19.1 Å². The maximum atomic E-state index is 13.0. The molecule has 0 radical (unpaired) electrons. The lowest BCUT2D eigenvalue weighted by Crippen LogP contribution is -2.52. The fraction of sp³-hybridized carbons (Fsp3) is 0.619. The van der Waals surface area contributed by atoms with Crippen LogP contribution in [0.2, 0.25) is 0 Å². The second-order valence-corrected chi connectivity index (χ2v) is 8.60. The number of fused-ring (bicyclic) bond motifs is 3. The Morgan fingerprint density at radius 1 is 1.15 bits per heavy atom. The molecular weight excluding hydrogens is 344 g/mol. The molecule has 1 aromatic rings. The molecule has 0 aromatic heterocycles. The van der Waals surface area contributed by atoms with Crippen molar-refractivity contribution in [2.24, 2.45) is 5.92 Å². The second-order valence-electron chi connectivity index (χ2n) is 8.60. The third kappa shape index (κ3) is 5.22. The summed E-state index contributed by atoms with van der Waals surface area (Å²) in [4.78, 5) is 27.6. The minimum Gasteiger partial charge on any atom is -0.459 e. The number of nitrogens with zero attached hydrogens (tertiary/aromatic N) is 1. The predicted octanol–water partition coefficient (Wildman–Crippen LogP) is 3.20. The van der Waals surface area contributed by atoms with E-state index in [1.807, 2.05) is 31.2 Å². The number of piperidine rings is 3. The summed E-state index contributed by atoms with van der Waals surface area (Å²) in [6.07, 6.45) is 1.39. The first kappa shape index (κ1) is 19.7. The minimum absolute atomic E-state index is 0.103. The number of alkyl carbamates (subject to hydrolysis) is 1. The van der Waals surface area contributed by atoms with Crippen LogP contribution in [0, 0.1) is 12.8 Å². The number of amides is 1. The molecule has 148 valence electrons. The quantitative estimate of drug-likeness (QED) is 0.820. The molecule has 2 unspecified atom stereocenters. The van der Waals surface area contributed by atoms with E-state index in [2.05, 4.69) is 10.2 Å². The van der Waals surface area contributed by atoms with Crippen molar-refractivity contribution in [1.82, 2.24) is 10.2 Å². The molecule has 1 aromatic carbocycles. The van der Waals surface area contributed by atoms with E-state index in [0.29, 0.717) is 11.5 Å². The van der Waals surface area contributed by atoms with Gasteiger partial charge in [-0.25, -0.2) is 9.59 Å². The molecule has 1 amide bonds. The Morgan fingerprint density at radius 3 is 2.30 bits per heavy atom. The van der Waals surface area contributed by atoms with Crippen LogP contribution in [0.1, 0.15) is 50.8 Å². The first-order valence-electron chi connectivity index (χ1n) is 9.70. The molecule has 2 atom stereocenters. The molecule has 0 aliphatic carbocycles. The highest BCUT2D eigenvalue weighted by Crippen LogP contribution is 2.30. The van der Waals surface area contributed by atoms with Crippen LogP contribution in [0.3, 0.4) is 0 Å². The van der Waals surface area contributed by atoms with Crippen LogP contribution in [0.15, 0.2) is 24.3 Å². The third-order valence-electron chi connectivity index (χ3n) is 5.17. The summed E-state index contributed by atoms with van der Waals surface area (Å²) in [5, 5.41) is 2.69. The van der Waals surface area contributed by atoms with Gasteiger partial charge in [0.1, 0.15) is 11.7 Å². The van der Waals surface area contributed by atoms with Crippen LogP contribution in [0.5, 0.6) is 0 Å². The normalized spacial score (nSPS) is 25.6. The van der Waals surface area contributed by atoms with E-state index in [1.54, 1.807) is 20.8 Å². The number of hydrogen-bond donors (Lipinski definition) is 1. The van der Waals surface area contributed by atoms with E-state index >= 15 is 0 Å². The lowest BCUT2D eigenvalue weighted by atomic mass is 9.86. The van der Waals surface area contributed by atoms with Crippen LogP contribution in [0.4, 0.5) is 4.79 Å². The van der Waals surface area contributed by atoms with Crippen molar-refractivity contribution in [3.8, 4) is 0 Å². The van der Waals surface area contributed by atoms with Crippen molar-refractivity contribution in [3.05, 3.63) is 35.4 Å². The number of hydrogen-bond acceptors (Lipinski definition) is 5. The topological polar surface area (TPSA) is 67.9 Å². The van der Waals surface area contributed by atoms with E-state index in [0.717, 1.165) is 38.0 Å². The summed E-state index contributed by atoms with van der Waals surface area (Å²) in [6.45, 7) is 10.3. The Labute approximate surface area is 161 Å². The van der Waals surface area contributed by atoms with E-state index in [1.165, 1.54) is 0 Å². The van der Waals surface area contributed by atoms with E-state index in [-0.39, 0.29) is 6.10 Å². The van der Waals surface area contributed by atoms with Gasteiger partial charge in [-0.15, -0.1) is 0 Å². The van der Waals surface area contributed by atoms with Gasteiger partial charge in [0.05, 0.1) is 0 Å². The Hall–Kier alpha value is -2.08. The highest BCUT2D eigenvalue weighted by Gasteiger charge is 2.38. The highest BCUT2D eigenvalue weighted by atomic mass is 16.6. The maximum Gasteiger partial charge on any atom is 0.408 e. The Kier molecular flexibility index (Phi) is 5.75. The van der Waals surface area contributed by atoms with Gasteiger partial charge in [0.15, 0.2) is 6.04 Å². The summed E-state index contributed by atoms with van der Waals surface area (Å²) in [5.74, 6) is -0.0115. The molecule has 27 heavy (non-hydrogen) atoms. The van der Waals surface area contributed by atoms with Gasteiger partial charge in [-0.1, -0.05) is 29.8 Å². The Morgan fingerprint density at radius 2 is 1.78 bits per heavy atom. The monoisotopic (exact) mass is 374 g/mol. The lowest BCUT2D eigenvalue weighted by Gasteiger charge is -2.44. The molecular formula is C21H30N2O4. The molecule has 2 bridgehead atoms. The van der Waals surface area contributed by atoms with Gasteiger partial charge in [0.2, 0.25) is 0 Å². The van der Waals surface area contributed by atoms with Crippen LogP contribution in [0.25, 0.3) is 0 Å². The van der Waals surface area contributed by atoms with Gasteiger partial charge < -0.3 is 14.8 Å². The van der Waals surface area contributed by atoms with Crippen molar-refractivity contribution in [1.29, 1.82) is 0 Å². The highest BCUT2D eigenvalue weighted by molar-refractivity contribution is 5.83. The molecule has 3 aliphatic rings. The van der Waals surface area contributed by atoms with E-state index < -0.39 is 23.7 Å². The third-order valence-corrected chi connectivity index (χ3v) is 5.17. The van der Waals surface area contributed by atoms with Crippen LogP contribution in [-0.4, -0.2) is 48.3 Å². The van der Waals surface area contributed by atoms with Crippen LogP contribution < -0.4 is 5.32 Å². The van der Waals surface area contributed by atoms with Gasteiger partial charge in [-0.2, -0.15) is 0 Å². The van der Waals surface area contributed by atoms with Crippen LogP contribution in [-0.2, 0) is 14.3 Å². The summed E-state index contributed by atoms with van der Waals surface area (Å²) >= 11 is 0. The zero-order valence-corrected chi connectivity index (χ0v) is 16.7. The summed E-state index contributed by atoms with van der Waals surface area (Å²) in [5.41, 5.74) is 1.14. The molecule has 1 N–H and O–H groups in total. The van der Waals surface area contributed by atoms with Gasteiger partial charge in [0, 0.05) is 6.54 Å². The first-order valence-corrected chi connectivity index (χ1v) is 9.70. The number of rotatable bonds is 4. The minimum atomic E-state index is -0.879.